The summed E-state index contributed by atoms with van der Waals surface area (Å²) >= 11 is 1.84. The van der Waals surface area contributed by atoms with Gasteiger partial charge in [0, 0.05) is 48.3 Å². The van der Waals surface area contributed by atoms with E-state index < -0.39 is 0 Å². The Balaban J connectivity index is 1.14. The van der Waals surface area contributed by atoms with Crippen LogP contribution in [0.1, 0.15) is 0 Å². The number of thiophene rings is 1. The summed E-state index contributed by atoms with van der Waals surface area (Å²) in [6.45, 7) is 0. The Morgan fingerprint density at radius 2 is 1.24 bits per heavy atom. The molecule has 0 bridgehead atoms. The van der Waals surface area contributed by atoms with Crippen molar-refractivity contribution >= 4 is 75.4 Å². The smallest absolute Gasteiger partial charge is 0.238 e. The lowest BCUT2D eigenvalue weighted by Gasteiger charge is -2.11. The van der Waals surface area contributed by atoms with Crippen molar-refractivity contribution in [3.05, 3.63) is 152 Å². The third-order valence-electron chi connectivity index (χ3n) is 9.73. The van der Waals surface area contributed by atoms with Crippen LogP contribution in [0, 0.1) is 0 Å². The van der Waals surface area contributed by atoms with Crippen molar-refractivity contribution < 1.29 is 4.42 Å². The number of para-hydroxylation sites is 1. The number of pyridine rings is 1. The van der Waals surface area contributed by atoms with Crippen LogP contribution in [0.2, 0.25) is 0 Å². The van der Waals surface area contributed by atoms with E-state index in [0.29, 0.717) is 17.6 Å². The Labute approximate surface area is 294 Å². The van der Waals surface area contributed by atoms with Crippen molar-refractivity contribution in [3.63, 3.8) is 0 Å². The van der Waals surface area contributed by atoms with Gasteiger partial charge in [0.15, 0.2) is 17.2 Å². The van der Waals surface area contributed by atoms with E-state index in [9.17, 15) is 0 Å². The average molecular weight is 672 g/mol. The van der Waals surface area contributed by atoms with Crippen LogP contribution >= 0.6 is 11.3 Å². The summed E-state index contributed by atoms with van der Waals surface area (Å²) in [4.78, 5) is 20.1. The van der Waals surface area contributed by atoms with E-state index in [1.807, 2.05) is 72.0 Å². The number of benzene rings is 6. The van der Waals surface area contributed by atoms with Gasteiger partial charge in [-0.1, -0.05) is 97.1 Å². The van der Waals surface area contributed by atoms with Crippen molar-refractivity contribution in [3.8, 4) is 39.9 Å². The van der Waals surface area contributed by atoms with Gasteiger partial charge in [0.2, 0.25) is 5.95 Å². The van der Waals surface area contributed by atoms with E-state index >= 15 is 0 Å². The second kappa shape index (κ2) is 10.9. The summed E-state index contributed by atoms with van der Waals surface area (Å²) in [6.07, 6.45) is 1.79. The minimum Gasteiger partial charge on any atom is -0.454 e. The molecule has 0 saturated carbocycles. The zero-order valence-corrected chi connectivity index (χ0v) is 27.8. The highest BCUT2D eigenvalue weighted by Gasteiger charge is 2.21. The Hall–Kier alpha value is -6.70. The third kappa shape index (κ3) is 4.35. The van der Waals surface area contributed by atoms with Crippen LogP contribution in [0.4, 0.5) is 0 Å². The average Bonchev–Trinajstić information content (AvgIpc) is 3.87. The lowest BCUT2D eigenvalue weighted by molar-refractivity contribution is 0.668. The van der Waals surface area contributed by atoms with Crippen molar-refractivity contribution in [1.29, 1.82) is 0 Å². The Kier molecular flexibility index (Phi) is 6.02. The molecule has 5 heterocycles. The SMILES string of the molecule is c1ccc(-c2nc(-c3cccc4oc5cccnc5c34)nc(-n3c4ccccc4c4cc(-c5ccc6c(c5)sc5ccccc56)ccc43)n2)cc1. The Morgan fingerprint density at radius 1 is 0.490 bits per heavy atom. The number of nitrogens with zero attached hydrogens (tertiary/aromatic N) is 5. The first-order chi connectivity index (χ1) is 25.3. The zero-order chi connectivity index (χ0) is 33.5. The monoisotopic (exact) mass is 671 g/mol. The van der Waals surface area contributed by atoms with Gasteiger partial charge in [0.25, 0.3) is 0 Å². The van der Waals surface area contributed by atoms with Crippen molar-refractivity contribution in [2.75, 3.05) is 0 Å². The molecule has 0 atom stereocenters. The number of hydrogen-bond acceptors (Lipinski definition) is 6. The van der Waals surface area contributed by atoms with Gasteiger partial charge in [-0.05, 0) is 59.7 Å². The highest BCUT2D eigenvalue weighted by molar-refractivity contribution is 7.25. The van der Waals surface area contributed by atoms with E-state index in [1.54, 1.807) is 6.20 Å². The first kappa shape index (κ1) is 28.2. The molecule has 6 nitrogen and oxygen atoms in total. The highest BCUT2D eigenvalue weighted by atomic mass is 32.1. The van der Waals surface area contributed by atoms with Crippen molar-refractivity contribution in [1.82, 2.24) is 24.5 Å². The third-order valence-corrected chi connectivity index (χ3v) is 10.9. The standard InChI is InChI=1S/C44H25N5OS/c1-2-10-26(11-3-1)42-46-43(32-14-8-16-36-40(32)41-37(50-36)17-9-23-45-41)48-44(47-42)49-34-15-6-4-12-29(34)33-24-27(20-22-35(33)49)28-19-21-31-30-13-5-7-18-38(30)51-39(31)25-28/h1-25H. The molecule has 0 aliphatic carbocycles. The molecule has 5 aromatic heterocycles. The predicted octanol–water partition coefficient (Wildman–Crippen LogP) is 11.6. The minimum atomic E-state index is 0.544. The molecule has 0 aliphatic rings. The molecule has 0 amide bonds. The van der Waals surface area contributed by atoms with Gasteiger partial charge in [0.1, 0.15) is 11.1 Å². The van der Waals surface area contributed by atoms with Crippen LogP contribution in [0.5, 0.6) is 0 Å². The van der Waals surface area contributed by atoms with Gasteiger partial charge < -0.3 is 4.42 Å². The van der Waals surface area contributed by atoms with Gasteiger partial charge in [-0.3, -0.25) is 9.55 Å². The summed E-state index contributed by atoms with van der Waals surface area (Å²) in [5.41, 5.74) is 8.39. The Bertz CT molecular complexity index is 3160. The van der Waals surface area contributed by atoms with Crippen molar-refractivity contribution in [2.24, 2.45) is 0 Å². The molecule has 0 saturated heterocycles. The van der Waals surface area contributed by atoms with E-state index in [0.717, 1.165) is 60.6 Å². The van der Waals surface area contributed by atoms with Crippen LogP contribution in [0.25, 0.3) is 104 Å². The maximum Gasteiger partial charge on any atom is 0.238 e. The summed E-state index contributed by atoms with van der Waals surface area (Å²) < 4.78 is 11.0. The summed E-state index contributed by atoms with van der Waals surface area (Å²) in [5, 5.41) is 5.75. The quantitative estimate of drug-likeness (QED) is 0.186. The normalized spacial score (nSPS) is 11.9. The molecule has 11 rings (SSSR count). The van der Waals surface area contributed by atoms with E-state index in [-0.39, 0.29) is 0 Å². The van der Waals surface area contributed by atoms with Gasteiger partial charge in [-0.2, -0.15) is 9.97 Å². The fourth-order valence-corrected chi connectivity index (χ4v) is 8.55. The van der Waals surface area contributed by atoms with E-state index in [2.05, 4.69) is 94.5 Å². The largest absolute Gasteiger partial charge is 0.454 e. The first-order valence-electron chi connectivity index (χ1n) is 16.8. The van der Waals surface area contributed by atoms with Gasteiger partial charge in [-0.25, -0.2) is 4.98 Å². The van der Waals surface area contributed by atoms with Crippen LogP contribution in [0.15, 0.2) is 156 Å². The number of rotatable bonds is 4. The molecule has 7 heteroatoms. The molecule has 0 fully saturated rings. The van der Waals surface area contributed by atoms with E-state index in [4.69, 9.17) is 19.4 Å². The molecular formula is C44H25N5OS. The second-order valence-electron chi connectivity index (χ2n) is 12.7. The zero-order valence-electron chi connectivity index (χ0n) is 27.0. The van der Waals surface area contributed by atoms with Gasteiger partial charge in [0.05, 0.1) is 16.4 Å². The Morgan fingerprint density at radius 3 is 2.18 bits per heavy atom. The molecule has 0 radical (unpaired) electrons. The summed E-state index contributed by atoms with van der Waals surface area (Å²) in [6, 6.07) is 50.5. The fraction of sp³-hybridized carbons (Fsp3) is 0. The predicted molar refractivity (Wildman–Crippen MR) is 208 cm³/mol. The molecule has 6 aromatic carbocycles. The second-order valence-corrected chi connectivity index (χ2v) is 13.8. The maximum atomic E-state index is 6.20. The number of furan rings is 1. The van der Waals surface area contributed by atoms with Crippen molar-refractivity contribution in [2.45, 2.75) is 0 Å². The summed E-state index contributed by atoms with van der Waals surface area (Å²) in [7, 11) is 0. The summed E-state index contributed by atoms with van der Waals surface area (Å²) in [5.74, 6) is 1.69. The van der Waals surface area contributed by atoms with Crippen LogP contribution in [-0.4, -0.2) is 24.5 Å². The van der Waals surface area contributed by atoms with Gasteiger partial charge >= 0.3 is 0 Å². The lowest BCUT2D eigenvalue weighted by atomic mass is 10.0. The lowest BCUT2D eigenvalue weighted by Crippen LogP contribution is -2.06. The van der Waals surface area contributed by atoms with Crippen LogP contribution in [0.3, 0.4) is 0 Å². The highest BCUT2D eigenvalue weighted by Crippen LogP contribution is 2.40. The molecular weight excluding hydrogens is 647 g/mol. The minimum absolute atomic E-state index is 0.544. The molecule has 0 unspecified atom stereocenters. The molecule has 238 valence electrons. The molecule has 51 heavy (non-hydrogen) atoms. The van der Waals surface area contributed by atoms with Crippen LogP contribution < -0.4 is 0 Å². The maximum absolute atomic E-state index is 6.20. The first-order valence-corrected chi connectivity index (χ1v) is 17.6. The fourth-order valence-electron chi connectivity index (χ4n) is 7.40. The molecule has 0 aliphatic heterocycles. The number of fused-ring (bicyclic) bond motifs is 9. The van der Waals surface area contributed by atoms with Gasteiger partial charge in [-0.15, -0.1) is 11.3 Å². The van der Waals surface area contributed by atoms with E-state index in [1.165, 1.54) is 25.7 Å². The number of aromatic nitrogens is 5. The van der Waals surface area contributed by atoms with Crippen LogP contribution in [-0.2, 0) is 0 Å². The molecule has 11 aromatic rings. The molecule has 0 N–H and O–H groups in total. The topological polar surface area (TPSA) is 69.6 Å². The molecule has 0 spiro atoms. The number of hydrogen-bond donors (Lipinski definition) is 0.